The molecule has 0 spiro atoms. The second-order valence-electron chi connectivity index (χ2n) is 5.21. The Morgan fingerprint density at radius 2 is 1.80 bits per heavy atom. The molecule has 25 heavy (non-hydrogen) atoms. The third kappa shape index (κ3) is 4.95. The second-order valence-corrected chi connectivity index (χ2v) is 7.31. The minimum absolute atomic E-state index is 0.408. The van der Waals surface area contributed by atoms with Crippen molar-refractivity contribution in [2.24, 2.45) is 0 Å². The zero-order valence-electron chi connectivity index (χ0n) is 12.8. The van der Waals surface area contributed by atoms with E-state index in [1.807, 2.05) is 53.3 Å². The monoisotopic (exact) mass is 454 g/mol. The van der Waals surface area contributed by atoms with Crippen LogP contribution in [-0.2, 0) is 6.54 Å². The average molecular weight is 456 g/mol. The summed E-state index contributed by atoms with van der Waals surface area (Å²) in [6.07, 6.45) is 1.88. The number of nitrogens with one attached hydrogen (secondary N) is 2. The first-order valence-electron chi connectivity index (χ1n) is 7.31. The van der Waals surface area contributed by atoms with Crippen LogP contribution in [0.5, 0.6) is 0 Å². The van der Waals surface area contributed by atoms with E-state index in [2.05, 4.69) is 31.7 Å². The normalized spacial score (nSPS) is 10.5. The summed E-state index contributed by atoms with van der Waals surface area (Å²) in [4.78, 5) is 0. The van der Waals surface area contributed by atoms with E-state index in [4.69, 9.17) is 35.4 Å². The fraction of sp³-hybridized carbons (Fsp3) is 0.0588. The van der Waals surface area contributed by atoms with Crippen LogP contribution in [0, 0.1) is 0 Å². The standard InChI is InChI=1S/C17H13BrCl2N4S/c18-13-10-24(9-11-5-7-12(19)8-6-11)23-16(13)22-17(25)21-15-4-2-1-3-14(15)20/h1-8,10H,9H2,(H2,21,22,23,25). The molecule has 8 heteroatoms. The molecule has 0 aliphatic rings. The summed E-state index contributed by atoms with van der Waals surface area (Å²) in [5.41, 5.74) is 1.83. The topological polar surface area (TPSA) is 41.9 Å². The van der Waals surface area contributed by atoms with E-state index >= 15 is 0 Å². The maximum Gasteiger partial charge on any atom is 0.176 e. The summed E-state index contributed by atoms with van der Waals surface area (Å²) in [6, 6.07) is 15.0. The highest BCUT2D eigenvalue weighted by atomic mass is 79.9. The molecule has 1 heterocycles. The number of hydrogen-bond acceptors (Lipinski definition) is 2. The maximum atomic E-state index is 6.12. The van der Waals surface area contributed by atoms with Crippen molar-refractivity contribution >= 4 is 68.0 Å². The van der Waals surface area contributed by atoms with Crippen molar-refractivity contribution in [1.82, 2.24) is 9.78 Å². The third-order valence-electron chi connectivity index (χ3n) is 3.33. The first-order valence-corrected chi connectivity index (χ1v) is 9.27. The molecule has 0 atom stereocenters. The predicted octanol–water partition coefficient (Wildman–Crippen LogP) is 5.81. The van der Waals surface area contributed by atoms with Crippen molar-refractivity contribution in [3.05, 3.63) is 74.8 Å². The molecule has 3 aromatic rings. The van der Waals surface area contributed by atoms with Crippen molar-refractivity contribution < 1.29 is 0 Å². The lowest BCUT2D eigenvalue weighted by molar-refractivity contribution is 0.689. The van der Waals surface area contributed by atoms with Gasteiger partial charge in [-0.2, -0.15) is 5.10 Å². The Morgan fingerprint density at radius 3 is 2.52 bits per heavy atom. The molecule has 0 radical (unpaired) electrons. The number of benzene rings is 2. The van der Waals surface area contributed by atoms with Crippen LogP contribution in [0.4, 0.5) is 11.5 Å². The van der Waals surface area contributed by atoms with Crippen LogP contribution in [0.2, 0.25) is 10.0 Å². The van der Waals surface area contributed by atoms with E-state index < -0.39 is 0 Å². The SMILES string of the molecule is S=C(Nc1ccccc1Cl)Nc1nn(Cc2ccc(Cl)cc2)cc1Br. The van der Waals surface area contributed by atoms with Crippen LogP contribution < -0.4 is 10.6 Å². The number of rotatable bonds is 4. The highest BCUT2D eigenvalue weighted by molar-refractivity contribution is 9.10. The molecule has 2 aromatic carbocycles. The number of thiocarbonyl (C=S) groups is 1. The summed E-state index contributed by atoms with van der Waals surface area (Å²) in [5.74, 6) is 0.624. The molecule has 0 bridgehead atoms. The quantitative estimate of drug-likeness (QED) is 0.487. The number of para-hydroxylation sites is 1. The van der Waals surface area contributed by atoms with E-state index in [9.17, 15) is 0 Å². The van der Waals surface area contributed by atoms with Gasteiger partial charge in [-0.25, -0.2) is 0 Å². The Balaban J connectivity index is 1.67. The van der Waals surface area contributed by atoms with E-state index in [-0.39, 0.29) is 0 Å². The van der Waals surface area contributed by atoms with Gasteiger partial charge in [0, 0.05) is 11.2 Å². The summed E-state index contributed by atoms with van der Waals surface area (Å²) in [5, 5.41) is 12.3. The molecule has 1 aromatic heterocycles. The Morgan fingerprint density at radius 1 is 1.08 bits per heavy atom. The van der Waals surface area contributed by atoms with Crippen LogP contribution in [0.3, 0.4) is 0 Å². The van der Waals surface area contributed by atoms with Gasteiger partial charge in [0.05, 0.1) is 21.7 Å². The van der Waals surface area contributed by atoms with Gasteiger partial charge in [-0.3, -0.25) is 4.68 Å². The lowest BCUT2D eigenvalue weighted by atomic mass is 10.2. The first-order chi connectivity index (χ1) is 12.0. The molecule has 0 saturated carbocycles. The van der Waals surface area contributed by atoms with Gasteiger partial charge in [0.25, 0.3) is 0 Å². The van der Waals surface area contributed by atoms with E-state index in [0.717, 1.165) is 15.7 Å². The van der Waals surface area contributed by atoms with Crippen LogP contribution >= 0.6 is 51.3 Å². The fourth-order valence-electron chi connectivity index (χ4n) is 2.16. The zero-order chi connectivity index (χ0) is 17.8. The number of aromatic nitrogens is 2. The number of hydrogen-bond donors (Lipinski definition) is 2. The Hall–Kier alpha value is -1.60. The molecule has 0 amide bonds. The van der Waals surface area contributed by atoms with Crippen molar-refractivity contribution in [2.45, 2.75) is 6.54 Å². The van der Waals surface area contributed by atoms with E-state index in [1.54, 1.807) is 6.07 Å². The van der Waals surface area contributed by atoms with Gasteiger partial charge in [0.15, 0.2) is 10.9 Å². The van der Waals surface area contributed by atoms with Gasteiger partial charge < -0.3 is 10.6 Å². The molecule has 3 rings (SSSR count). The van der Waals surface area contributed by atoms with Crippen molar-refractivity contribution in [3.63, 3.8) is 0 Å². The molecule has 0 aliphatic carbocycles. The van der Waals surface area contributed by atoms with Crippen molar-refractivity contribution in [3.8, 4) is 0 Å². The first kappa shape index (κ1) is 18.2. The van der Waals surface area contributed by atoms with Crippen LogP contribution in [0.25, 0.3) is 0 Å². The summed E-state index contributed by atoms with van der Waals surface area (Å²) < 4.78 is 2.62. The highest BCUT2D eigenvalue weighted by Crippen LogP contribution is 2.23. The van der Waals surface area contributed by atoms with Gasteiger partial charge in [-0.05, 0) is 58.0 Å². The molecular formula is C17H13BrCl2N4S. The van der Waals surface area contributed by atoms with Gasteiger partial charge in [0.2, 0.25) is 0 Å². The molecule has 2 N–H and O–H groups in total. The maximum absolute atomic E-state index is 6.12. The smallest absolute Gasteiger partial charge is 0.176 e. The minimum atomic E-state index is 0.408. The predicted molar refractivity (Wildman–Crippen MR) is 112 cm³/mol. The minimum Gasteiger partial charge on any atom is -0.331 e. The molecule has 0 unspecified atom stereocenters. The molecule has 0 fully saturated rings. The Bertz CT molecular complexity index is 896. The van der Waals surface area contributed by atoms with Gasteiger partial charge in [-0.1, -0.05) is 47.5 Å². The number of anilines is 2. The molecule has 0 saturated heterocycles. The largest absolute Gasteiger partial charge is 0.331 e. The Kier molecular flexibility index (Phi) is 5.96. The van der Waals surface area contributed by atoms with Crippen molar-refractivity contribution in [2.75, 3.05) is 10.6 Å². The van der Waals surface area contributed by atoms with Crippen LogP contribution in [0.15, 0.2) is 59.2 Å². The summed E-state index contributed by atoms with van der Waals surface area (Å²) in [6.45, 7) is 0.627. The van der Waals surface area contributed by atoms with E-state index in [1.165, 1.54) is 0 Å². The van der Waals surface area contributed by atoms with Crippen molar-refractivity contribution in [1.29, 1.82) is 0 Å². The second kappa shape index (κ2) is 8.19. The Labute approximate surface area is 169 Å². The van der Waals surface area contributed by atoms with Crippen LogP contribution in [-0.4, -0.2) is 14.9 Å². The zero-order valence-corrected chi connectivity index (χ0v) is 16.8. The average Bonchev–Trinajstić information content (AvgIpc) is 2.91. The number of halogens is 3. The summed E-state index contributed by atoms with van der Waals surface area (Å²) >= 11 is 20.8. The van der Waals surface area contributed by atoms with Gasteiger partial charge in [0.1, 0.15) is 0 Å². The lowest BCUT2D eigenvalue weighted by Gasteiger charge is -2.10. The van der Waals surface area contributed by atoms with Crippen LogP contribution in [0.1, 0.15) is 5.56 Å². The molecule has 0 aliphatic heterocycles. The van der Waals surface area contributed by atoms with Gasteiger partial charge >= 0.3 is 0 Å². The third-order valence-corrected chi connectivity index (χ3v) is 4.69. The molecular weight excluding hydrogens is 443 g/mol. The fourth-order valence-corrected chi connectivity index (χ4v) is 3.09. The summed E-state index contributed by atoms with van der Waals surface area (Å²) in [7, 11) is 0. The molecule has 128 valence electrons. The van der Waals surface area contributed by atoms with E-state index in [0.29, 0.717) is 27.5 Å². The van der Waals surface area contributed by atoms with Gasteiger partial charge in [-0.15, -0.1) is 0 Å². The highest BCUT2D eigenvalue weighted by Gasteiger charge is 2.10. The number of nitrogens with zero attached hydrogens (tertiary/aromatic N) is 2. The lowest BCUT2D eigenvalue weighted by Crippen LogP contribution is -2.20. The molecule has 4 nitrogen and oxygen atoms in total.